The van der Waals surface area contributed by atoms with Crippen molar-refractivity contribution in [2.24, 2.45) is 17.6 Å². The van der Waals surface area contributed by atoms with E-state index in [1.165, 1.54) is 0 Å². The number of ether oxygens (including phenoxy) is 1. The standard InChI is InChI=1S/C11H23NO3/c1-7(2)9(8(3)13)6-11(4,5)15-10(12)14/h7-9,13H,6H2,1-5H3,(H2,12,14)/t8?,9-/m0/s1. The Balaban J connectivity index is 4.45. The SMILES string of the molecule is CC(C)[C@H](CC(C)(C)OC(N)=O)C(C)O. The van der Waals surface area contributed by atoms with Crippen LogP contribution in [-0.4, -0.2) is 22.9 Å². The van der Waals surface area contributed by atoms with Crippen LogP contribution in [0.4, 0.5) is 4.79 Å². The molecule has 3 N–H and O–H groups in total. The molecule has 2 atom stereocenters. The maximum atomic E-state index is 10.7. The van der Waals surface area contributed by atoms with Gasteiger partial charge in [0.05, 0.1) is 6.10 Å². The molecule has 15 heavy (non-hydrogen) atoms. The van der Waals surface area contributed by atoms with Crippen molar-refractivity contribution in [1.29, 1.82) is 0 Å². The van der Waals surface area contributed by atoms with Crippen LogP contribution in [0.5, 0.6) is 0 Å². The van der Waals surface area contributed by atoms with E-state index in [4.69, 9.17) is 10.5 Å². The topological polar surface area (TPSA) is 72.5 Å². The van der Waals surface area contributed by atoms with Gasteiger partial charge >= 0.3 is 6.09 Å². The number of carbonyl (C=O) groups excluding carboxylic acids is 1. The van der Waals surface area contributed by atoms with Crippen LogP contribution >= 0.6 is 0 Å². The van der Waals surface area contributed by atoms with Crippen molar-refractivity contribution in [2.75, 3.05) is 0 Å². The monoisotopic (exact) mass is 217 g/mol. The van der Waals surface area contributed by atoms with E-state index in [0.29, 0.717) is 12.3 Å². The number of aliphatic hydroxyl groups excluding tert-OH is 1. The van der Waals surface area contributed by atoms with E-state index in [0.717, 1.165) is 0 Å². The van der Waals surface area contributed by atoms with Crippen molar-refractivity contribution < 1.29 is 14.6 Å². The van der Waals surface area contributed by atoms with Gasteiger partial charge in [0.1, 0.15) is 5.60 Å². The van der Waals surface area contributed by atoms with Gasteiger partial charge in [-0.2, -0.15) is 0 Å². The molecular weight excluding hydrogens is 194 g/mol. The first kappa shape index (κ1) is 14.2. The smallest absolute Gasteiger partial charge is 0.405 e. The zero-order valence-corrected chi connectivity index (χ0v) is 10.3. The lowest BCUT2D eigenvalue weighted by atomic mass is 9.82. The average Bonchev–Trinajstić information content (AvgIpc) is 1.96. The number of hydrogen-bond donors (Lipinski definition) is 2. The van der Waals surface area contributed by atoms with Gasteiger partial charge in [-0.1, -0.05) is 13.8 Å². The van der Waals surface area contributed by atoms with Crippen molar-refractivity contribution >= 4 is 6.09 Å². The normalized spacial score (nSPS) is 16.2. The first-order valence-corrected chi connectivity index (χ1v) is 5.32. The summed E-state index contributed by atoms with van der Waals surface area (Å²) in [7, 11) is 0. The first-order chi connectivity index (χ1) is 6.65. The molecule has 4 nitrogen and oxygen atoms in total. The summed E-state index contributed by atoms with van der Waals surface area (Å²) in [6.45, 7) is 9.44. The Bertz CT molecular complexity index is 204. The average molecular weight is 217 g/mol. The van der Waals surface area contributed by atoms with Crippen LogP contribution < -0.4 is 5.73 Å². The molecule has 0 rings (SSSR count). The Morgan fingerprint density at radius 1 is 1.40 bits per heavy atom. The second-order valence-corrected chi connectivity index (χ2v) is 5.03. The summed E-state index contributed by atoms with van der Waals surface area (Å²) >= 11 is 0. The first-order valence-electron chi connectivity index (χ1n) is 5.32. The lowest BCUT2D eigenvalue weighted by molar-refractivity contribution is -0.00760. The second kappa shape index (κ2) is 5.35. The van der Waals surface area contributed by atoms with Crippen molar-refractivity contribution in [1.82, 2.24) is 0 Å². The van der Waals surface area contributed by atoms with Crippen LogP contribution in [0.2, 0.25) is 0 Å². The summed E-state index contributed by atoms with van der Waals surface area (Å²) in [5, 5.41) is 9.61. The predicted molar refractivity (Wildman–Crippen MR) is 59.4 cm³/mol. The summed E-state index contributed by atoms with van der Waals surface area (Å²) in [5.41, 5.74) is 4.36. The Hall–Kier alpha value is -0.770. The molecule has 4 heteroatoms. The van der Waals surface area contributed by atoms with Crippen LogP contribution in [0, 0.1) is 11.8 Å². The quantitative estimate of drug-likeness (QED) is 0.738. The van der Waals surface area contributed by atoms with E-state index in [9.17, 15) is 9.90 Å². The summed E-state index contributed by atoms with van der Waals surface area (Å²) in [6, 6.07) is 0. The fourth-order valence-electron chi connectivity index (χ4n) is 1.84. The molecule has 0 aliphatic heterocycles. The third-order valence-electron chi connectivity index (χ3n) is 2.58. The van der Waals surface area contributed by atoms with Gasteiger partial charge in [-0.3, -0.25) is 0 Å². The minimum atomic E-state index is -0.770. The van der Waals surface area contributed by atoms with Gasteiger partial charge in [0.25, 0.3) is 0 Å². The molecule has 0 heterocycles. The maximum absolute atomic E-state index is 10.7. The molecule has 90 valence electrons. The van der Waals surface area contributed by atoms with Crippen molar-refractivity contribution in [3.05, 3.63) is 0 Å². The van der Waals surface area contributed by atoms with E-state index >= 15 is 0 Å². The molecule has 0 aromatic heterocycles. The Morgan fingerprint density at radius 3 is 2.13 bits per heavy atom. The van der Waals surface area contributed by atoms with Crippen LogP contribution in [0.25, 0.3) is 0 Å². The molecule has 0 saturated heterocycles. The van der Waals surface area contributed by atoms with Gasteiger partial charge in [0.2, 0.25) is 0 Å². The second-order valence-electron chi connectivity index (χ2n) is 5.03. The zero-order valence-electron chi connectivity index (χ0n) is 10.3. The highest BCUT2D eigenvalue weighted by atomic mass is 16.6. The number of primary amides is 1. The van der Waals surface area contributed by atoms with Gasteiger partial charge in [0, 0.05) is 0 Å². The molecule has 1 amide bonds. The minimum absolute atomic E-state index is 0.0966. The van der Waals surface area contributed by atoms with E-state index in [2.05, 4.69) is 0 Å². The molecule has 0 aromatic carbocycles. The van der Waals surface area contributed by atoms with Crippen LogP contribution in [-0.2, 0) is 4.74 Å². The van der Waals surface area contributed by atoms with Crippen molar-refractivity contribution in [3.63, 3.8) is 0 Å². The summed E-state index contributed by atoms with van der Waals surface area (Å²) in [6.07, 6.45) is -0.584. The highest BCUT2D eigenvalue weighted by molar-refractivity contribution is 5.65. The van der Waals surface area contributed by atoms with E-state index < -0.39 is 17.8 Å². The molecule has 0 aliphatic rings. The van der Waals surface area contributed by atoms with Gasteiger partial charge in [-0.25, -0.2) is 4.79 Å². The van der Waals surface area contributed by atoms with Crippen molar-refractivity contribution in [3.8, 4) is 0 Å². The minimum Gasteiger partial charge on any atom is -0.444 e. The van der Waals surface area contributed by atoms with Crippen LogP contribution in [0.3, 0.4) is 0 Å². The number of aliphatic hydroxyl groups is 1. The van der Waals surface area contributed by atoms with Gasteiger partial charge in [0.15, 0.2) is 0 Å². The fraction of sp³-hybridized carbons (Fsp3) is 0.909. The third kappa shape index (κ3) is 5.62. The molecule has 0 aromatic rings. The Morgan fingerprint density at radius 2 is 1.87 bits per heavy atom. The lowest BCUT2D eigenvalue weighted by Crippen LogP contribution is -2.37. The molecule has 0 fully saturated rings. The molecule has 0 bridgehead atoms. The molecular formula is C11H23NO3. The predicted octanol–water partition coefficient (Wildman–Crippen LogP) is 1.90. The summed E-state index contributed by atoms with van der Waals surface area (Å²) < 4.78 is 5.00. The van der Waals surface area contributed by atoms with Crippen LogP contribution in [0.15, 0.2) is 0 Å². The Kier molecular flexibility index (Phi) is 5.08. The molecule has 0 radical (unpaired) electrons. The number of rotatable bonds is 5. The summed E-state index contributed by atoms with van der Waals surface area (Å²) in [4.78, 5) is 10.7. The highest BCUT2D eigenvalue weighted by Gasteiger charge is 2.30. The van der Waals surface area contributed by atoms with E-state index in [1.54, 1.807) is 20.8 Å². The number of nitrogens with two attached hydrogens (primary N) is 1. The number of carbonyl (C=O) groups is 1. The largest absolute Gasteiger partial charge is 0.444 e. The lowest BCUT2D eigenvalue weighted by Gasteiger charge is -2.32. The maximum Gasteiger partial charge on any atom is 0.405 e. The molecule has 0 aliphatic carbocycles. The van der Waals surface area contributed by atoms with Crippen molar-refractivity contribution in [2.45, 2.75) is 52.7 Å². The molecule has 1 unspecified atom stereocenters. The molecule has 0 saturated carbocycles. The zero-order chi connectivity index (χ0) is 12.2. The molecule has 0 spiro atoms. The fourth-order valence-corrected chi connectivity index (χ4v) is 1.84. The van der Waals surface area contributed by atoms with Gasteiger partial charge < -0.3 is 15.6 Å². The van der Waals surface area contributed by atoms with Gasteiger partial charge in [-0.05, 0) is 39.0 Å². The number of amides is 1. The highest BCUT2D eigenvalue weighted by Crippen LogP contribution is 2.28. The van der Waals surface area contributed by atoms with E-state index in [1.807, 2.05) is 13.8 Å². The summed E-state index contributed by atoms with van der Waals surface area (Å²) in [5.74, 6) is 0.431. The van der Waals surface area contributed by atoms with E-state index in [-0.39, 0.29) is 5.92 Å². The third-order valence-corrected chi connectivity index (χ3v) is 2.58. The number of hydrogen-bond acceptors (Lipinski definition) is 3. The van der Waals surface area contributed by atoms with Gasteiger partial charge in [-0.15, -0.1) is 0 Å². The Labute approximate surface area is 91.8 Å². The van der Waals surface area contributed by atoms with Crippen LogP contribution in [0.1, 0.15) is 41.0 Å².